The smallest absolute Gasteiger partial charge is 0.243 e. The van der Waals surface area contributed by atoms with E-state index >= 15 is 0 Å². The van der Waals surface area contributed by atoms with E-state index in [4.69, 9.17) is 4.42 Å². The quantitative estimate of drug-likeness (QED) is 0.626. The van der Waals surface area contributed by atoms with Crippen molar-refractivity contribution >= 4 is 27.9 Å². The van der Waals surface area contributed by atoms with Gasteiger partial charge in [0.05, 0.1) is 23.7 Å². The van der Waals surface area contributed by atoms with Crippen LogP contribution < -0.4 is 5.43 Å². The number of para-hydroxylation sites is 2. The Kier molecular flexibility index (Phi) is 3.34. The van der Waals surface area contributed by atoms with Gasteiger partial charge in [-0.3, -0.25) is 10.2 Å². The molecule has 0 aliphatic carbocycles. The molecule has 2 aromatic carbocycles. The van der Waals surface area contributed by atoms with Crippen LogP contribution in [0, 0.1) is 13.8 Å². The summed E-state index contributed by atoms with van der Waals surface area (Å²) in [5.41, 5.74) is 8.61. The number of hydrogen-bond acceptors (Lipinski definition) is 3. The molecule has 1 amide bonds. The van der Waals surface area contributed by atoms with Crippen molar-refractivity contribution in [1.29, 1.82) is 0 Å². The normalized spacial score (nSPS) is 11.2. The number of hydrogen-bond donors (Lipinski definition) is 1. The first kappa shape index (κ1) is 14.5. The maximum atomic E-state index is 12.4. The number of furan rings is 1. The summed E-state index contributed by atoms with van der Waals surface area (Å²) in [5.74, 6) is -0.112. The van der Waals surface area contributed by atoms with Gasteiger partial charge in [-0.2, -0.15) is 0 Å². The number of nitrogens with zero attached hydrogens (tertiary/aromatic N) is 2. The van der Waals surface area contributed by atoms with Crippen LogP contribution in [0.5, 0.6) is 0 Å². The van der Waals surface area contributed by atoms with E-state index in [9.17, 15) is 4.79 Å². The van der Waals surface area contributed by atoms with Crippen LogP contribution >= 0.6 is 0 Å². The molecule has 0 radical (unpaired) electrons. The summed E-state index contributed by atoms with van der Waals surface area (Å²) in [6.07, 6.45) is 3.54. The first-order valence-corrected chi connectivity index (χ1v) is 7.81. The molecule has 0 fully saturated rings. The lowest BCUT2D eigenvalue weighted by Crippen LogP contribution is -2.23. The SMILES string of the molecule is Cc1ccc2c(CC(=O)Nn3cnc4ccccc43)coc2c1C. The molecule has 5 nitrogen and oxygen atoms in total. The van der Waals surface area contributed by atoms with E-state index in [2.05, 4.69) is 16.5 Å². The third kappa shape index (κ3) is 2.34. The molecule has 0 saturated heterocycles. The van der Waals surface area contributed by atoms with Gasteiger partial charge in [0.25, 0.3) is 0 Å². The van der Waals surface area contributed by atoms with E-state index in [0.717, 1.165) is 33.1 Å². The molecule has 5 heteroatoms. The van der Waals surface area contributed by atoms with Crippen LogP contribution in [0.15, 0.2) is 53.4 Å². The number of imidazole rings is 1. The molecular formula is C19H17N3O2. The zero-order chi connectivity index (χ0) is 16.7. The van der Waals surface area contributed by atoms with Crippen LogP contribution in [0.2, 0.25) is 0 Å². The second-order valence-electron chi connectivity index (χ2n) is 5.96. The number of benzene rings is 2. The molecule has 0 aliphatic heterocycles. The van der Waals surface area contributed by atoms with Crippen molar-refractivity contribution in [2.24, 2.45) is 0 Å². The molecule has 0 atom stereocenters. The van der Waals surface area contributed by atoms with Crippen LogP contribution in [0.4, 0.5) is 0 Å². The van der Waals surface area contributed by atoms with Crippen molar-refractivity contribution in [3.63, 3.8) is 0 Å². The van der Waals surface area contributed by atoms with E-state index in [1.807, 2.05) is 44.2 Å². The first-order chi connectivity index (χ1) is 11.6. The van der Waals surface area contributed by atoms with Crippen molar-refractivity contribution in [2.75, 3.05) is 5.43 Å². The van der Waals surface area contributed by atoms with Crippen molar-refractivity contribution in [1.82, 2.24) is 9.66 Å². The average Bonchev–Trinajstić information content (AvgIpc) is 3.16. The zero-order valence-corrected chi connectivity index (χ0v) is 13.5. The molecule has 0 spiro atoms. The summed E-state index contributed by atoms with van der Waals surface area (Å²) < 4.78 is 7.32. The zero-order valence-electron chi connectivity index (χ0n) is 13.5. The number of fused-ring (bicyclic) bond motifs is 2. The fourth-order valence-corrected chi connectivity index (χ4v) is 2.92. The predicted molar refractivity (Wildman–Crippen MR) is 93.5 cm³/mol. The van der Waals surface area contributed by atoms with E-state index in [-0.39, 0.29) is 12.3 Å². The predicted octanol–water partition coefficient (Wildman–Crippen LogP) is 3.71. The summed E-state index contributed by atoms with van der Waals surface area (Å²) in [4.78, 5) is 16.7. The third-order valence-corrected chi connectivity index (χ3v) is 4.39. The van der Waals surface area contributed by atoms with Gasteiger partial charge < -0.3 is 4.42 Å². The van der Waals surface area contributed by atoms with Gasteiger partial charge in [0.1, 0.15) is 11.9 Å². The minimum absolute atomic E-state index is 0.112. The van der Waals surface area contributed by atoms with Crippen LogP contribution in [0.25, 0.3) is 22.0 Å². The molecule has 0 unspecified atom stereocenters. The number of aromatic nitrogens is 2. The van der Waals surface area contributed by atoms with Crippen LogP contribution in [-0.4, -0.2) is 15.6 Å². The molecule has 0 bridgehead atoms. The molecule has 1 N–H and O–H groups in total. The molecule has 0 aliphatic rings. The van der Waals surface area contributed by atoms with Crippen molar-refractivity contribution in [2.45, 2.75) is 20.3 Å². The molecule has 2 heterocycles. The van der Waals surface area contributed by atoms with Gasteiger partial charge in [-0.25, -0.2) is 9.66 Å². The monoisotopic (exact) mass is 319 g/mol. The van der Waals surface area contributed by atoms with Crippen molar-refractivity contribution in [3.05, 3.63) is 65.7 Å². The highest BCUT2D eigenvalue weighted by molar-refractivity contribution is 5.93. The summed E-state index contributed by atoms with van der Waals surface area (Å²) in [6, 6.07) is 11.7. The Morgan fingerprint density at radius 3 is 2.92 bits per heavy atom. The lowest BCUT2D eigenvalue weighted by atomic mass is 10.0. The van der Waals surface area contributed by atoms with E-state index in [0.29, 0.717) is 0 Å². The fourth-order valence-electron chi connectivity index (χ4n) is 2.92. The number of carbonyl (C=O) groups excluding carboxylic acids is 1. The highest BCUT2D eigenvalue weighted by Crippen LogP contribution is 2.26. The van der Waals surface area contributed by atoms with E-state index < -0.39 is 0 Å². The Morgan fingerprint density at radius 2 is 2.04 bits per heavy atom. The van der Waals surface area contributed by atoms with E-state index in [1.54, 1.807) is 17.3 Å². The number of amides is 1. The van der Waals surface area contributed by atoms with Gasteiger partial charge in [-0.15, -0.1) is 0 Å². The molecule has 4 aromatic rings. The summed E-state index contributed by atoms with van der Waals surface area (Å²) in [5, 5.41) is 0.990. The summed E-state index contributed by atoms with van der Waals surface area (Å²) in [6.45, 7) is 4.08. The third-order valence-electron chi connectivity index (χ3n) is 4.39. The van der Waals surface area contributed by atoms with Gasteiger partial charge in [-0.1, -0.05) is 24.3 Å². The topological polar surface area (TPSA) is 60.1 Å². The highest BCUT2D eigenvalue weighted by Gasteiger charge is 2.13. The highest BCUT2D eigenvalue weighted by atomic mass is 16.3. The molecular weight excluding hydrogens is 302 g/mol. The minimum Gasteiger partial charge on any atom is -0.464 e. The molecule has 0 saturated carbocycles. The van der Waals surface area contributed by atoms with Crippen molar-refractivity contribution in [3.8, 4) is 0 Å². The fraction of sp³-hybridized carbons (Fsp3) is 0.158. The van der Waals surface area contributed by atoms with Gasteiger partial charge in [0, 0.05) is 10.9 Å². The lowest BCUT2D eigenvalue weighted by molar-refractivity contribution is -0.116. The second kappa shape index (κ2) is 5.53. The number of carbonyl (C=O) groups is 1. The number of aryl methyl sites for hydroxylation is 2. The Labute approximate surface area is 138 Å². The Morgan fingerprint density at radius 1 is 1.21 bits per heavy atom. The van der Waals surface area contributed by atoms with E-state index in [1.165, 1.54) is 5.56 Å². The largest absolute Gasteiger partial charge is 0.464 e. The molecule has 24 heavy (non-hydrogen) atoms. The lowest BCUT2D eigenvalue weighted by Gasteiger charge is -2.06. The minimum atomic E-state index is -0.112. The maximum absolute atomic E-state index is 12.4. The maximum Gasteiger partial charge on any atom is 0.243 e. The molecule has 120 valence electrons. The van der Waals surface area contributed by atoms with Gasteiger partial charge in [-0.05, 0) is 37.1 Å². The number of rotatable bonds is 3. The van der Waals surface area contributed by atoms with Gasteiger partial charge in [0.2, 0.25) is 5.91 Å². The Hall–Kier alpha value is -3.08. The molecule has 2 aromatic heterocycles. The van der Waals surface area contributed by atoms with Crippen LogP contribution in [-0.2, 0) is 11.2 Å². The van der Waals surface area contributed by atoms with Crippen LogP contribution in [0.3, 0.4) is 0 Å². The Bertz CT molecular complexity index is 1060. The van der Waals surface area contributed by atoms with Gasteiger partial charge in [0.15, 0.2) is 0 Å². The second-order valence-corrected chi connectivity index (χ2v) is 5.96. The van der Waals surface area contributed by atoms with Crippen molar-refractivity contribution < 1.29 is 9.21 Å². The first-order valence-electron chi connectivity index (χ1n) is 7.81. The molecule has 4 rings (SSSR count). The Balaban J connectivity index is 1.59. The average molecular weight is 319 g/mol. The summed E-state index contributed by atoms with van der Waals surface area (Å²) >= 11 is 0. The standard InChI is InChI=1S/C19H17N3O2/c1-12-7-8-15-14(10-24-19(15)13(12)2)9-18(23)21-22-11-20-16-5-3-4-6-17(16)22/h3-8,10-11H,9H2,1-2H3,(H,21,23). The number of nitrogens with one attached hydrogen (secondary N) is 1. The van der Waals surface area contributed by atoms with Crippen LogP contribution in [0.1, 0.15) is 16.7 Å². The van der Waals surface area contributed by atoms with Gasteiger partial charge >= 0.3 is 0 Å². The summed E-state index contributed by atoms with van der Waals surface area (Å²) in [7, 11) is 0.